The van der Waals surface area contributed by atoms with Crippen LogP contribution in [-0.4, -0.2) is 23.3 Å². The molecule has 0 aromatic rings. The van der Waals surface area contributed by atoms with Crippen LogP contribution < -0.4 is 11.5 Å². The molecule has 0 amide bonds. The van der Waals surface area contributed by atoms with Crippen molar-refractivity contribution < 1.29 is 9.90 Å². The van der Waals surface area contributed by atoms with Gasteiger partial charge in [0.15, 0.2) is 0 Å². The van der Waals surface area contributed by atoms with Gasteiger partial charge in [0.05, 0.1) is 0 Å². The first kappa shape index (κ1) is 11.4. The second-order valence-corrected chi connectivity index (χ2v) is 2.43. The standard InChI is InChI=1S/C8H13N3O2/c1-6(5-11-3-2-9)4-7(10)8(12)13/h2-3,5,7H,1,4,9-10H2,(H,12,13)/b3-2-,11-5?. The molecule has 5 N–H and O–H groups in total. The fourth-order valence-corrected chi connectivity index (χ4v) is 0.621. The maximum Gasteiger partial charge on any atom is 0.320 e. The molecular formula is C8H13N3O2. The number of hydrogen-bond donors (Lipinski definition) is 3. The van der Waals surface area contributed by atoms with Crippen molar-refractivity contribution in [2.75, 3.05) is 0 Å². The predicted molar refractivity (Wildman–Crippen MR) is 51.2 cm³/mol. The van der Waals surface area contributed by atoms with E-state index in [-0.39, 0.29) is 6.42 Å². The number of nitrogens with zero attached hydrogens (tertiary/aromatic N) is 1. The summed E-state index contributed by atoms with van der Waals surface area (Å²) in [7, 11) is 0. The Kier molecular flexibility index (Phi) is 5.22. The van der Waals surface area contributed by atoms with Crippen LogP contribution in [0.2, 0.25) is 0 Å². The molecule has 1 unspecified atom stereocenters. The average Bonchev–Trinajstić information content (AvgIpc) is 2.04. The normalized spacial score (nSPS) is 13.6. The predicted octanol–water partition coefficient (Wildman–Crippen LogP) is -0.155. The van der Waals surface area contributed by atoms with Gasteiger partial charge < -0.3 is 16.6 Å². The molecule has 5 nitrogen and oxygen atoms in total. The lowest BCUT2D eigenvalue weighted by atomic mass is 10.1. The zero-order valence-electron chi connectivity index (χ0n) is 7.18. The Morgan fingerprint density at radius 2 is 2.31 bits per heavy atom. The van der Waals surface area contributed by atoms with Crippen LogP contribution in [0.1, 0.15) is 6.42 Å². The molecule has 0 fully saturated rings. The molecule has 0 bridgehead atoms. The molecule has 0 saturated heterocycles. The van der Waals surface area contributed by atoms with E-state index in [1.54, 1.807) is 0 Å². The summed E-state index contributed by atoms with van der Waals surface area (Å²) < 4.78 is 0. The molecular weight excluding hydrogens is 170 g/mol. The van der Waals surface area contributed by atoms with Crippen LogP contribution >= 0.6 is 0 Å². The second-order valence-electron chi connectivity index (χ2n) is 2.43. The highest BCUT2D eigenvalue weighted by Crippen LogP contribution is 1.98. The fraction of sp³-hybridized carbons (Fsp3) is 0.250. The zero-order chi connectivity index (χ0) is 10.3. The lowest BCUT2D eigenvalue weighted by Gasteiger charge is -2.04. The molecule has 0 rings (SSSR count). The van der Waals surface area contributed by atoms with E-state index in [4.69, 9.17) is 16.6 Å². The zero-order valence-corrected chi connectivity index (χ0v) is 7.18. The van der Waals surface area contributed by atoms with Gasteiger partial charge in [-0.2, -0.15) is 0 Å². The van der Waals surface area contributed by atoms with Gasteiger partial charge in [0.2, 0.25) is 0 Å². The van der Waals surface area contributed by atoms with Crippen molar-refractivity contribution in [3.63, 3.8) is 0 Å². The largest absolute Gasteiger partial charge is 0.480 e. The lowest BCUT2D eigenvalue weighted by Crippen LogP contribution is -2.30. The van der Waals surface area contributed by atoms with E-state index in [1.807, 2.05) is 0 Å². The quantitative estimate of drug-likeness (QED) is 0.515. The van der Waals surface area contributed by atoms with Gasteiger partial charge in [0, 0.05) is 18.6 Å². The van der Waals surface area contributed by atoms with Crippen molar-refractivity contribution in [2.24, 2.45) is 16.5 Å². The second kappa shape index (κ2) is 5.96. The Morgan fingerprint density at radius 3 is 2.77 bits per heavy atom. The highest BCUT2D eigenvalue weighted by atomic mass is 16.4. The van der Waals surface area contributed by atoms with Crippen LogP contribution in [-0.2, 0) is 4.79 Å². The summed E-state index contributed by atoms with van der Waals surface area (Å²) in [6.07, 6.45) is 4.24. The third-order valence-electron chi connectivity index (χ3n) is 1.23. The van der Waals surface area contributed by atoms with Gasteiger partial charge >= 0.3 is 5.97 Å². The van der Waals surface area contributed by atoms with E-state index >= 15 is 0 Å². The topological polar surface area (TPSA) is 102 Å². The third kappa shape index (κ3) is 5.63. The molecule has 0 heterocycles. The smallest absolute Gasteiger partial charge is 0.320 e. The first-order valence-corrected chi connectivity index (χ1v) is 3.64. The van der Waals surface area contributed by atoms with E-state index in [0.717, 1.165) is 0 Å². The van der Waals surface area contributed by atoms with Crippen molar-refractivity contribution >= 4 is 12.2 Å². The minimum Gasteiger partial charge on any atom is -0.480 e. The first-order valence-electron chi connectivity index (χ1n) is 3.64. The molecule has 0 saturated carbocycles. The van der Waals surface area contributed by atoms with Gasteiger partial charge in [-0.05, 0) is 12.0 Å². The number of nitrogens with two attached hydrogens (primary N) is 2. The molecule has 0 radical (unpaired) electrons. The number of carboxylic acid groups (broad SMARTS) is 1. The van der Waals surface area contributed by atoms with Gasteiger partial charge in [-0.25, -0.2) is 0 Å². The molecule has 5 heteroatoms. The van der Waals surface area contributed by atoms with Crippen molar-refractivity contribution in [3.8, 4) is 0 Å². The molecule has 0 aliphatic heterocycles. The minimum absolute atomic E-state index is 0.178. The van der Waals surface area contributed by atoms with Crippen molar-refractivity contribution in [1.29, 1.82) is 0 Å². The van der Waals surface area contributed by atoms with Gasteiger partial charge in [-0.1, -0.05) is 6.58 Å². The maximum atomic E-state index is 10.3. The molecule has 0 aromatic heterocycles. The molecule has 0 aliphatic rings. The lowest BCUT2D eigenvalue weighted by molar-refractivity contribution is -0.138. The van der Waals surface area contributed by atoms with Crippen LogP contribution in [0.15, 0.2) is 29.5 Å². The average molecular weight is 183 g/mol. The van der Waals surface area contributed by atoms with E-state index in [0.29, 0.717) is 5.57 Å². The molecule has 72 valence electrons. The Morgan fingerprint density at radius 1 is 1.69 bits per heavy atom. The summed E-state index contributed by atoms with van der Waals surface area (Å²) in [5.41, 5.74) is 10.8. The number of carbonyl (C=O) groups is 1. The van der Waals surface area contributed by atoms with Crippen LogP contribution in [0.4, 0.5) is 0 Å². The summed E-state index contributed by atoms with van der Waals surface area (Å²) in [6, 6.07) is -0.930. The minimum atomic E-state index is -1.05. The molecule has 0 aliphatic carbocycles. The summed E-state index contributed by atoms with van der Waals surface area (Å²) in [6.45, 7) is 3.58. The summed E-state index contributed by atoms with van der Waals surface area (Å²) in [5, 5.41) is 8.46. The molecule has 0 spiro atoms. The van der Waals surface area contributed by atoms with E-state index < -0.39 is 12.0 Å². The number of hydrogen-bond acceptors (Lipinski definition) is 4. The molecule has 0 aromatic carbocycles. The van der Waals surface area contributed by atoms with Gasteiger partial charge in [-0.15, -0.1) is 0 Å². The Balaban J connectivity index is 3.94. The number of aliphatic imine (C=N–C) groups is 1. The summed E-state index contributed by atoms with van der Waals surface area (Å²) in [4.78, 5) is 14.0. The molecule has 13 heavy (non-hydrogen) atoms. The van der Waals surface area contributed by atoms with Gasteiger partial charge in [0.1, 0.15) is 6.04 Å². The van der Waals surface area contributed by atoms with E-state index in [2.05, 4.69) is 11.6 Å². The fourth-order valence-electron chi connectivity index (χ4n) is 0.621. The van der Waals surface area contributed by atoms with Crippen LogP contribution in [0.25, 0.3) is 0 Å². The number of aliphatic carboxylic acids is 1. The SMILES string of the molecule is C=C(C=N/C=C\N)CC(N)C(=O)O. The Hall–Kier alpha value is -1.62. The maximum absolute atomic E-state index is 10.3. The van der Waals surface area contributed by atoms with Crippen LogP contribution in [0.5, 0.6) is 0 Å². The van der Waals surface area contributed by atoms with Gasteiger partial charge in [-0.3, -0.25) is 9.79 Å². The summed E-state index contributed by atoms with van der Waals surface area (Å²) >= 11 is 0. The van der Waals surface area contributed by atoms with Crippen molar-refractivity contribution in [3.05, 3.63) is 24.6 Å². The van der Waals surface area contributed by atoms with Crippen LogP contribution in [0.3, 0.4) is 0 Å². The number of rotatable bonds is 5. The third-order valence-corrected chi connectivity index (χ3v) is 1.23. The van der Waals surface area contributed by atoms with E-state index in [1.165, 1.54) is 18.6 Å². The van der Waals surface area contributed by atoms with Crippen molar-refractivity contribution in [1.82, 2.24) is 0 Å². The van der Waals surface area contributed by atoms with E-state index in [9.17, 15) is 4.79 Å². The number of carboxylic acids is 1. The first-order chi connectivity index (χ1) is 6.07. The Labute approximate surface area is 76.4 Å². The van der Waals surface area contributed by atoms with Gasteiger partial charge in [0.25, 0.3) is 0 Å². The van der Waals surface area contributed by atoms with Crippen LogP contribution in [0, 0.1) is 0 Å². The Bertz CT molecular complexity index is 246. The van der Waals surface area contributed by atoms with Crippen molar-refractivity contribution in [2.45, 2.75) is 12.5 Å². The molecule has 1 atom stereocenters. The summed E-state index contributed by atoms with van der Waals surface area (Å²) in [5.74, 6) is -1.05. The highest BCUT2D eigenvalue weighted by Gasteiger charge is 2.11. The monoisotopic (exact) mass is 183 g/mol. The highest BCUT2D eigenvalue weighted by molar-refractivity contribution is 5.81.